The summed E-state index contributed by atoms with van der Waals surface area (Å²) < 4.78 is 0. The van der Waals surface area contributed by atoms with Crippen molar-refractivity contribution < 1.29 is 14.4 Å². The van der Waals surface area contributed by atoms with Crippen molar-refractivity contribution in [3.8, 4) is 6.07 Å². The van der Waals surface area contributed by atoms with Gasteiger partial charge in [-0.2, -0.15) is 5.26 Å². The molecule has 0 radical (unpaired) electrons. The van der Waals surface area contributed by atoms with Crippen molar-refractivity contribution in [3.63, 3.8) is 0 Å². The van der Waals surface area contributed by atoms with E-state index in [-0.39, 0.29) is 36.1 Å². The lowest BCUT2D eigenvalue weighted by atomic mass is 9.69. The molecule has 7 rings (SSSR count). The minimum absolute atomic E-state index is 0.0453. The van der Waals surface area contributed by atoms with Crippen LogP contribution in [0.1, 0.15) is 93.7 Å². The number of H-pyrrole nitrogens is 1. The predicted molar refractivity (Wildman–Crippen MR) is 164 cm³/mol. The van der Waals surface area contributed by atoms with Gasteiger partial charge < -0.3 is 15.1 Å². The number of benzene rings is 2. The number of nitriles is 1. The van der Waals surface area contributed by atoms with Crippen LogP contribution >= 0.6 is 0 Å². The highest BCUT2D eigenvalue weighted by atomic mass is 16.2. The number of carbonyl (C=O) groups excluding carboxylic acids is 3. The van der Waals surface area contributed by atoms with Crippen LogP contribution in [-0.4, -0.2) is 86.8 Å². The molecule has 0 bridgehead atoms. The van der Waals surface area contributed by atoms with Crippen LogP contribution in [0, 0.1) is 17.2 Å². The molecule has 1 unspecified atom stereocenters. The SMILES string of the molecule is N#C[C@@H]1CCCN1C(=O)CNCCC1(c2nnn[nH]2)c2ccc(C(=O)C3CCC3)cc2CCc2cc(C(=O)N3CCC3)ccc21. The molecule has 45 heavy (non-hydrogen) atoms. The van der Waals surface area contributed by atoms with Crippen LogP contribution < -0.4 is 5.32 Å². The number of nitrogens with one attached hydrogen (secondary N) is 2. The Bertz CT molecular complexity index is 1580. The van der Waals surface area contributed by atoms with Crippen molar-refractivity contribution in [3.05, 3.63) is 75.6 Å². The van der Waals surface area contributed by atoms with Crippen molar-refractivity contribution in [1.29, 1.82) is 5.26 Å². The van der Waals surface area contributed by atoms with Gasteiger partial charge in [-0.3, -0.25) is 14.4 Å². The van der Waals surface area contributed by atoms with Crippen molar-refractivity contribution >= 4 is 17.6 Å². The highest BCUT2D eigenvalue weighted by molar-refractivity contribution is 5.98. The first kappa shape index (κ1) is 29.3. The molecule has 2 aliphatic heterocycles. The van der Waals surface area contributed by atoms with E-state index in [1.54, 1.807) is 4.90 Å². The molecule has 232 valence electrons. The average Bonchev–Trinajstić information content (AvgIpc) is 3.69. The highest BCUT2D eigenvalue weighted by Gasteiger charge is 2.44. The van der Waals surface area contributed by atoms with Crippen LogP contribution in [0.25, 0.3) is 0 Å². The molecular weight excluding hydrogens is 568 g/mol. The van der Waals surface area contributed by atoms with E-state index in [1.165, 1.54) is 0 Å². The molecule has 1 saturated carbocycles. The van der Waals surface area contributed by atoms with Gasteiger partial charge in [0, 0.05) is 36.7 Å². The smallest absolute Gasteiger partial charge is 0.253 e. The summed E-state index contributed by atoms with van der Waals surface area (Å²) in [5.74, 6) is 0.845. The summed E-state index contributed by atoms with van der Waals surface area (Å²) in [4.78, 5) is 43.1. The minimum atomic E-state index is -0.820. The monoisotopic (exact) mass is 606 g/mol. The number of nitrogens with zero attached hydrogens (tertiary/aromatic N) is 6. The number of likely N-dealkylation sites (tertiary alicyclic amines) is 2. The Labute approximate surface area is 262 Å². The van der Waals surface area contributed by atoms with Gasteiger partial charge in [0.05, 0.1) is 18.0 Å². The fraction of sp³-hybridized carbons (Fsp3) is 0.500. The summed E-state index contributed by atoms with van der Waals surface area (Å²) in [7, 11) is 0. The largest absolute Gasteiger partial charge is 0.339 e. The summed E-state index contributed by atoms with van der Waals surface area (Å²) in [5.41, 5.74) is 4.73. The number of amides is 2. The predicted octanol–water partition coefficient (Wildman–Crippen LogP) is 2.96. The number of carbonyl (C=O) groups is 3. The van der Waals surface area contributed by atoms with E-state index in [9.17, 15) is 19.6 Å². The fourth-order valence-electron chi connectivity index (χ4n) is 7.50. The van der Waals surface area contributed by atoms with E-state index in [1.807, 2.05) is 29.2 Å². The zero-order valence-corrected chi connectivity index (χ0v) is 25.4. The molecule has 2 amide bonds. The van der Waals surface area contributed by atoms with Gasteiger partial charge in [0.25, 0.3) is 5.91 Å². The minimum Gasteiger partial charge on any atom is -0.339 e. The van der Waals surface area contributed by atoms with Crippen molar-refractivity contribution in [2.45, 2.75) is 69.2 Å². The Kier molecular flexibility index (Phi) is 7.92. The Morgan fingerprint density at radius 1 is 0.956 bits per heavy atom. The topological polar surface area (TPSA) is 148 Å². The zero-order valence-electron chi connectivity index (χ0n) is 25.4. The quantitative estimate of drug-likeness (QED) is 0.279. The molecule has 11 nitrogen and oxygen atoms in total. The Hall–Kier alpha value is -4.43. The van der Waals surface area contributed by atoms with Crippen molar-refractivity contribution in [2.24, 2.45) is 5.92 Å². The maximum Gasteiger partial charge on any atom is 0.253 e. The number of Topliss-reactive ketones (excluding diaryl/α,β-unsaturated/α-hetero) is 1. The van der Waals surface area contributed by atoms with Gasteiger partial charge in [0.15, 0.2) is 11.6 Å². The normalized spacial score (nSPS) is 22.4. The number of hydrogen-bond acceptors (Lipinski definition) is 8. The number of ketones is 1. The molecule has 3 fully saturated rings. The van der Waals surface area contributed by atoms with Crippen LogP contribution in [0.15, 0.2) is 36.4 Å². The number of aromatic nitrogens is 4. The number of aryl methyl sites for hydroxylation is 2. The van der Waals surface area contributed by atoms with Gasteiger partial charge in [-0.1, -0.05) is 24.6 Å². The van der Waals surface area contributed by atoms with Gasteiger partial charge >= 0.3 is 0 Å². The number of tetrazole rings is 1. The molecular formula is C34H38N8O3. The second-order valence-corrected chi connectivity index (χ2v) is 12.8. The van der Waals surface area contributed by atoms with Gasteiger partial charge in [0.2, 0.25) is 5.91 Å². The van der Waals surface area contributed by atoms with Gasteiger partial charge in [-0.15, -0.1) is 5.10 Å². The molecule has 0 spiro atoms. The number of hydrogen-bond donors (Lipinski definition) is 2. The molecule has 3 aromatic rings. The maximum absolute atomic E-state index is 13.3. The number of rotatable bonds is 9. The summed E-state index contributed by atoms with van der Waals surface area (Å²) in [6.45, 7) is 2.76. The third-order valence-corrected chi connectivity index (χ3v) is 10.4. The second kappa shape index (κ2) is 12.2. The first-order valence-corrected chi connectivity index (χ1v) is 16.2. The molecule has 2 aliphatic carbocycles. The third-order valence-electron chi connectivity index (χ3n) is 10.4. The average molecular weight is 607 g/mol. The zero-order chi connectivity index (χ0) is 31.0. The van der Waals surface area contributed by atoms with E-state index in [0.29, 0.717) is 50.2 Å². The van der Waals surface area contributed by atoms with Crippen LogP contribution in [0.2, 0.25) is 0 Å². The molecule has 2 saturated heterocycles. The Morgan fingerprint density at radius 2 is 1.69 bits per heavy atom. The first-order valence-electron chi connectivity index (χ1n) is 16.2. The number of aromatic amines is 1. The van der Waals surface area contributed by atoms with Crippen LogP contribution in [0.4, 0.5) is 0 Å². The fourth-order valence-corrected chi connectivity index (χ4v) is 7.50. The number of fused-ring (bicyclic) bond motifs is 2. The molecule has 3 heterocycles. The van der Waals surface area contributed by atoms with Crippen LogP contribution in [0.3, 0.4) is 0 Å². The maximum atomic E-state index is 13.3. The molecule has 1 aromatic heterocycles. The first-order chi connectivity index (χ1) is 22.0. The molecule has 11 heteroatoms. The van der Waals surface area contributed by atoms with Crippen LogP contribution in [-0.2, 0) is 23.1 Å². The Balaban J connectivity index is 1.26. The highest BCUT2D eigenvalue weighted by Crippen LogP contribution is 2.46. The second-order valence-electron chi connectivity index (χ2n) is 12.8. The van der Waals surface area contributed by atoms with Crippen molar-refractivity contribution in [1.82, 2.24) is 35.7 Å². The van der Waals surface area contributed by atoms with E-state index in [4.69, 9.17) is 0 Å². The van der Waals surface area contributed by atoms with Gasteiger partial charge in [-0.25, -0.2) is 5.10 Å². The molecule has 2 atom stereocenters. The van der Waals surface area contributed by atoms with Gasteiger partial charge in [0.1, 0.15) is 6.04 Å². The van der Waals surface area contributed by atoms with Gasteiger partial charge in [-0.05, 0) is 109 Å². The molecule has 2 aromatic carbocycles. The lowest BCUT2D eigenvalue weighted by molar-refractivity contribution is -0.130. The summed E-state index contributed by atoms with van der Waals surface area (Å²) in [6, 6.07) is 13.9. The van der Waals surface area contributed by atoms with Crippen molar-refractivity contribution in [2.75, 3.05) is 32.7 Å². The Morgan fingerprint density at radius 3 is 2.31 bits per heavy atom. The summed E-state index contributed by atoms with van der Waals surface area (Å²) >= 11 is 0. The molecule has 2 N–H and O–H groups in total. The summed E-state index contributed by atoms with van der Waals surface area (Å²) in [5, 5.41) is 28.3. The summed E-state index contributed by atoms with van der Waals surface area (Å²) in [6.07, 6.45) is 7.49. The lowest BCUT2D eigenvalue weighted by Gasteiger charge is -2.35. The van der Waals surface area contributed by atoms with E-state index < -0.39 is 5.41 Å². The lowest BCUT2D eigenvalue weighted by Crippen LogP contribution is -2.42. The third kappa shape index (κ3) is 5.21. The standard InChI is InChI=1S/C34H38N8O3/c35-20-27-6-2-17-42(27)30(43)21-36-14-13-34(33-37-39-40-38-33)28-11-9-25(31(44)22-4-1-5-22)18-23(28)7-8-24-19-26(10-12-29(24)34)32(45)41-15-3-16-41/h9-12,18-19,22,27,36H,1-8,13-17,21H2,(H,37,38,39,40)/t27-,34?/m0/s1. The van der Waals surface area contributed by atoms with E-state index in [2.05, 4.69) is 44.1 Å². The van der Waals surface area contributed by atoms with E-state index in [0.717, 1.165) is 73.0 Å². The van der Waals surface area contributed by atoms with Crippen LogP contribution in [0.5, 0.6) is 0 Å². The van der Waals surface area contributed by atoms with E-state index >= 15 is 0 Å². The molecule has 4 aliphatic rings.